The van der Waals surface area contributed by atoms with Gasteiger partial charge in [-0.1, -0.05) is 30.9 Å². The van der Waals surface area contributed by atoms with Gasteiger partial charge < -0.3 is 9.47 Å². The maximum absolute atomic E-state index is 5.52. The fourth-order valence-electron chi connectivity index (χ4n) is 1.85. The number of hydrogen-bond acceptors (Lipinski definition) is 2. The van der Waals surface area contributed by atoms with Crippen molar-refractivity contribution in [1.82, 2.24) is 0 Å². The molecule has 2 rings (SSSR count). The van der Waals surface area contributed by atoms with Gasteiger partial charge in [-0.2, -0.15) is 0 Å². The monoisotopic (exact) mass is 280 g/mol. The molecule has 0 fully saturated rings. The van der Waals surface area contributed by atoms with Gasteiger partial charge in [-0.25, -0.2) is 0 Å². The van der Waals surface area contributed by atoms with Gasteiger partial charge in [0.1, 0.15) is 12.4 Å². The summed E-state index contributed by atoms with van der Waals surface area (Å²) in [6, 6.07) is 16.2. The Labute approximate surface area is 126 Å². The lowest BCUT2D eigenvalue weighted by molar-refractivity contribution is 0.146. The number of ether oxygens (including phenoxy) is 2. The fraction of sp³-hybridized carbons (Fsp3) is 0.263. The Bertz CT molecular complexity index is 601. The standard InChI is InChI=1S/C19H20O2/c1-3-16-4-6-17(7-5-16)8-9-18-10-12-19(13-11-18)21-15-14-20-2/h4-7,10-13H,3,14-15H2,1-2H3. The Morgan fingerprint density at radius 3 is 1.90 bits per heavy atom. The third-order valence-corrected chi connectivity index (χ3v) is 3.12. The lowest BCUT2D eigenvalue weighted by Gasteiger charge is -2.04. The molecular weight excluding hydrogens is 260 g/mol. The van der Waals surface area contributed by atoms with Gasteiger partial charge in [0.05, 0.1) is 6.61 Å². The largest absolute Gasteiger partial charge is 0.491 e. The van der Waals surface area contributed by atoms with Gasteiger partial charge in [-0.3, -0.25) is 0 Å². The molecule has 2 aromatic carbocycles. The first-order valence-electron chi connectivity index (χ1n) is 7.14. The molecule has 0 saturated carbocycles. The van der Waals surface area contributed by atoms with E-state index in [-0.39, 0.29) is 0 Å². The molecule has 0 amide bonds. The third-order valence-electron chi connectivity index (χ3n) is 3.12. The smallest absolute Gasteiger partial charge is 0.119 e. The van der Waals surface area contributed by atoms with Gasteiger partial charge in [0.2, 0.25) is 0 Å². The summed E-state index contributed by atoms with van der Waals surface area (Å²) in [4.78, 5) is 0. The van der Waals surface area contributed by atoms with E-state index in [4.69, 9.17) is 9.47 Å². The third kappa shape index (κ3) is 4.98. The molecule has 0 aliphatic heterocycles. The average Bonchev–Trinajstić information content (AvgIpc) is 2.55. The Hall–Kier alpha value is -2.24. The van der Waals surface area contributed by atoms with E-state index in [1.807, 2.05) is 24.3 Å². The van der Waals surface area contributed by atoms with Crippen molar-refractivity contribution in [1.29, 1.82) is 0 Å². The normalized spacial score (nSPS) is 9.81. The van der Waals surface area contributed by atoms with Crippen LogP contribution in [-0.2, 0) is 11.2 Å². The van der Waals surface area contributed by atoms with Crippen LogP contribution in [0.25, 0.3) is 0 Å². The van der Waals surface area contributed by atoms with Crippen molar-refractivity contribution >= 4 is 0 Å². The summed E-state index contributed by atoms with van der Waals surface area (Å²) in [7, 11) is 1.66. The number of hydrogen-bond donors (Lipinski definition) is 0. The molecule has 0 atom stereocenters. The molecule has 0 aromatic heterocycles. The first-order chi connectivity index (χ1) is 10.3. The minimum atomic E-state index is 0.561. The van der Waals surface area contributed by atoms with E-state index in [1.54, 1.807) is 7.11 Å². The maximum atomic E-state index is 5.52. The maximum Gasteiger partial charge on any atom is 0.119 e. The zero-order valence-electron chi connectivity index (χ0n) is 12.6. The molecule has 0 radical (unpaired) electrons. The minimum Gasteiger partial charge on any atom is -0.491 e. The van der Waals surface area contributed by atoms with Crippen LogP contribution in [0.5, 0.6) is 5.75 Å². The summed E-state index contributed by atoms with van der Waals surface area (Å²) in [5.74, 6) is 7.17. The second kappa shape index (κ2) is 8.14. The van der Waals surface area contributed by atoms with E-state index >= 15 is 0 Å². The van der Waals surface area contributed by atoms with E-state index < -0.39 is 0 Å². The summed E-state index contributed by atoms with van der Waals surface area (Å²) >= 11 is 0. The first kappa shape index (κ1) is 15.2. The van der Waals surface area contributed by atoms with Crippen LogP contribution in [0, 0.1) is 11.8 Å². The van der Waals surface area contributed by atoms with Crippen molar-refractivity contribution in [2.24, 2.45) is 0 Å². The first-order valence-corrected chi connectivity index (χ1v) is 7.14. The van der Waals surface area contributed by atoms with Crippen LogP contribution in [0.15, 0.2) is 48.5 Å². The molecule has 108 valence electrons. The predicted octanol–water partition coefficient (Wildman–Crippen LogP) is 3.67. The summed E-state index contributed by atoms with van der Waals surface area (Å²) in [5.41, 5.74) is 3.35. The lowest BCUT2D eigenvalue weighted by Crippen LogP contribution is -2.03. The van der Waals surface area contributed by atoms with Gasteiger partial charge in [-0.05, 0) is 48.4 Å². The Morgan fingerprint density at radius 1 is 0.810 bits per heavy atom. The Balaban J connectivity index is 1.98. The summed E-state index contributed by atoms with van der Waals surface area (Å²) in [6.45, 7) is 3.30. The quantitative estimate of drug-likeness (QED) is 0.614. The van der Waals surface area contributed by atoms with E-state index in [0.717, 1.165) is 23.3 Å². The second-order valence-electron chi connectivity index (χ2n) is 4.67. The molecule has 2 nitrogen and oxygen atoms in total. The van der Waals surface area contributed by atoms with Crippen molar-refractivity contribution in [2.45, 2.75) is 13.3 Å². The molecule has 0 aliphatic carbocycles. The van der Waals surface area contributed by atoms with Crippen molar-refractivity contribution in [2.75, 3.05) is 20.3 Å². The number of benzene rings is 2. The second-order valence-corrected chi connectivity index (χ2v) is 4.67. The molecule has 0 heterocycles. The molecule has 0 bridgehead atoms. The highest BCUT2D eigenvalue weighted by atomic mass is 16.5. The molecule has 0 spiro atoms. The fourth-order valence-corrected chi connectivity index (χ4v) is 1.85. The summed E-state index contributed by atoms with van der Waals surface area (Å²) in [6.07, 6.45) is 1.05. The SMILES string of the molecule is CCc1ccc(C#Cc2ccc(OCCOC)cc2)cc1. The highest BCUT2D eigenvalue weighted by molar-refractivity contribution is 5.44. The van der Waals surface area contributed by atoms with Crippen LogP contribution in [0.2, 0.25) is 0 Å². The molecule has 21 heavy (non-hydrogen) atoms. The zero-order valence-corrected chi connectivity index (χ0v) is 12.6. The highest BCUT2D eigenvalue weighted by Crippen LogP contribution is 2.11. The van der Waals surface area contributed by atoms with Crippen LogP contribution in [0.4, 0.5) is 0 Å². The molecule has 0 aliphatic rings. The predicted molar refractivity (Wildman–Crippen MR) is 85.6 cm³/mol. The molecule has 2 aromatic rings. The molecular formula is C19H20O2. The van der Waals surface area contributed by atoms with Crippen LogP contribution < -0.4 is 4.74 Å². The number of methoxy groups -OCH3 is 1. The summed E-state index contributed by atoms with van der Waals surface area (Å²) < 4.78 is 10.5. The number of aryl methyl sites for hydroxylation is 1. The summed E-state index contributed by atoms with van der Waals surface area (Å²) in [5, 5.41) is 0. The van der Waals surface area contributed by atoms with E-state index in [9.17, 15) is 0 Å². The Kier molecular flexibility index (Phi) is 5.87. The van der Waals surface area contributed by atoms with Gasteiger partial charge in [0, 0.05) is 18.2 Å². The Morgan fingerprint density at radius 2 is 1.38 bits per heavy atom. The molecule has 0 unspecified atom stereocenters. The average molecular weight is 280 g/mol. The van der Waals surface area contributed by atoms with E-state index in [1.165, 1.54) is 5.56 Å². The topological polar surface area (TPSA) is 18.5 Å². The van der Waals surface area contributed by atoms with Crippen LogP contribution >= 0.6 is 0 Å². The van der Waals surface area contributed by atoms with Crippen LogP contribution in [-0.4, -0.2) is 20.3 Å². The van der Waals surface area contributed by atoms with Crippen molar-refractivity contribution in [3.05, 3.63) is 65.2 Å². The molecule has 0 saturated heterocycles. The molecule has 0 N–H and O–H groups in total. The van der Waals surface area contributed by atoms with E-state index in [2.05, 4.69) is 43.0 Å². The van der Waals surface area contributed by atoms with Gasteiger partial charge in [0.15, 0.2) is 0 Å². The highest BCUT2D eigenvalue weighted by Gasteiger charge is 1.94. The molecule has 2 heteroatoms. The van der Waals surface area contributed by atoms with Crippen molar-refractivity contribution in [3.8, 4) is 17.6 Å². The van der Waals surface area contributed by atoms with E-state index in [0.29, 0.717) is 13.2 Å². The zero-order chi connectivity index (χ0) is 14.9. The van der Waals surface area contributed by atoms with Gasteiger partial charge in [0.25, 0.3) is 0 Å². The van der Waals surface area contributed by atoms with Crippen molar-refractivity contribution < 1.29 is 9.47 Å². The van der Waals surface area contributed by atoms with Gasteiger partial charge >= 0.3 is 0 Å². The van der Waals surface area contributed by atoms with Crippen molar-refractivity contribution in [3.63, 3.8) is 0 Å². The lowest BCUT2D eigenvalue weighted by atomic mass is 10.1. The minimum absolute atomic E-state index is 0.561. The van der Waals surface area contributed by atoms with Gasteiger partial charge in [-0.15, -0.1) is 0 Å². The number of rotatable bonds is 5. The van der Waals surface area contributed by atoms with Crippen LogP contribution in [0.1, 0.15) is 23.6 Å². The van der Waals surface area contributed by atoms with Crippen LogP contribution in [0.3, 0.4) is 0 Å².